The van der Waals surface area contributed by atoms with Crippen molar-refractivity contribution in [3.8, 4) is 33.5 Å². The highest BCUT2D eigenvalue weighted by atomic mass is 16.3. The second-order valence-electron chi connectivity index (χ2n) is 11.0. The molecule has 200 valence electrons. The molecular formula is C40H24N2O. The second kappa shape index (κ2) is 9.37. The number of hydrogen-bond acceptors (Lipinski definition) is 3. The van der Waals surface area contributed by atoms with E-state index in [1.54, 1.807) is 0 Å². The summed E-state index contributed by atoms with van der Waals surface area (Å²) in [5.41, 5.74) is 9.79. The predicted octanol–water partition coefficient (Wildman–Crippen LogP) is 10.8. The normalized spacial score (nSPS) is 11.7. The fourth-order valence-corrected chi connectivity index (χ4v) is 6.43. The van der Waals surface area contributed by atoms with E-state index < -0.39 is 0 Å². The standard InChI is InChI=1S/C40H24N2O/c1-3-11-25(12-4-1)27-19-20-37-33(21-27)34-22-28(26-13-5-2-6-14-26)23-35(40(34)43-37)36-24-41-38-31-17-9-7-15-29(31)30-16-8-10-18-32(30)39(38)42-36/h1-24H. The van der Waals surface area contributed by atoms with Crippen LogP contribution in [0.3, 0.4) is 0 Å². The highest BCUT2D eigenvalue weighted by molar-refractivity contribution is 6.23. The molecule has 0 spiro atoms. The first kappa shape index (κ1) is 23.9. The Hall–Kier alpha value is -5.80. The fraction of sp³-hybridized carbons (Fsp3) is 0. The van der Waals surface area contributed by atoms with Crippen molar-refractivity contribution in [2.75, 3.05) is 0 Å². The monoisotopic (exact) mass is 548 g/mol. The summed E-state index contributed by atoms with van der Waals surface area (Å²) < 4.78 is 6.62. The number of furan rings is 1. The van der Waals surface area contributed by atoms with Crippen LogP contribution in [-0.4, -0.2) is 9.97 Å². The van der Waals surface area contributed by atoms with Gasteiger partial charge in [-0.15, -0.1) is 0 Å². The SMILES string of the molecule is c1ccc(-c2ccc3oc4c(-c5cnc6c7ccccc7c7ccccc7c6n5)cc(-c5ccccc5)cc4c3c2)cc1. The van der Waals surface area contributed by atoms with E-state index in [4.69, 9.17) is 14.4 Å². The summed E-state index contributed by atoms with van der Waals surface area (Å²) in [6.07, 6.45) is 1.90. The number of fused-ring (bicyclic) bond motifs is 9. The lowest BCUT2D eigenvalue weighted by Crippen LogP contribution is -1.93. The van der Waals surface area contributed by atoms with Crippen LogP contribution in [0.4, 0.5) is 0 Å². The molecule has 0 aliphatic carbocycles. The molecular weight excluding hydrogens is 524 g/mol. The number of benzene rings is 7. The van der Waals surface area contributed by atoms with Crippen LogP contribution >= 0.6 is 0 Å². The maximum atomic E-state index is 6.62. The third-order valence-corrected chi connectivity index (χ3v) is 8.49. The van der Waals surface area contributed by atoms with Crippen LogP contribution in [0.5, 0.6) is 0 Å². The van der Waals surface area contributed by atoms with Gasteiger partial charge in [0.2, 0.25) is 0 Å². The van der Waals surface area contributed by atoms with Gasteiger partial charge in [-0.25, -0.2) is 4.98 Å². The first-order chi connectivity index (χ1) is 21.3. The van der Waals surface area contributed by atoms with Gasteiger partial charge in [-0.2, -0.15) is 0 Å². The van der Waals surface area contributed by atoms with Gasteiger partial charge in [-0.3, -0.25) is 4.98 Å². The molecule has 2 heterocycles. The molecule has 9 rings (SSSR count). The van der Waals surface area contributed by atoms with Crippen molar-refractivity contribution in [1.82, 2.24) is 9.97 Å². The van der Waals surface area contributed by atoms with Gasteiger partial charge in [0.15, 0.2) is 0 Å². The van der Waals surface area contributed by atoms with Crippen LogP contribution in [0.25, 0.3) is 88.0 Å². The topological polar surface area (TPSA) is 38.9 Å². The number of hydrogen-bond donors (Lipinski definition) is 0. The van der Waals surface area contributed by atoms with E-state index in [0.29, 0.717) is 0 Å². The summed E-state index contributed by atoms with van der Waals surface area (Å²) in [6, 6.07) is 48.8. The Labute approximate surface area is 247 Å². The van der Waals surface area contributed by atoms with E-state index in [1.165, 1.54) is 16.3 Å². The smallest absolute Gasteiger partial charge is 0.144 e. The molecule has 0 saturated heterocycles. The van der Waals surface area contributed by atoms with Gasteiger partial charge < -0.3 is 4.42 Å². The molecule has 9 aromatic rings. The summed E-state index contributed by atoms with van der Waals surface area (Å²) in [4.78, 5) is 10.4. The first-order valence-electron chi connectivity index (χ1n) is 14.5. The minimum atomic E-state index is 0.790. The maximum Gasteiger partial charge on any atom is 0.144 e. The molecule has 0 N–H and O–H groups in total. The van der Waals surface area contributed by atoms with Gasteiger partial charge in [0, 0.05) is 27.1 Å². The summed E-state index contributed by atoms with van der Waals surface area (Å²) in [5.74, 6) is 0. The van der Waals surface area contributed by atoms with Crippen LogP contribution in [-0.2, 0) is 0 Å². The number of rotatable bonds is 3. The lowest BCUT2D eigenvalue weighted by molar-refractivity contribution is 0.670. The highest BCUT2D eigenvalue weighted by Gasteiger charge is 2.19. The molecule has 43 heavy (non-hydrogen) atoms. The van der Waals surface area contributed by atoms with Gasteiger partial charge in [-0.1, -0.05) is 115 Å². The minimum Gasteiger partial charge on any atom is -0.455 e. The van der Waals surface area contributed by atoms with E-state index >= 15 is 0 Å². The van der Waals surface area contributed by atoms with E-state index in [0.717, 1.165) is 71.7 Å². The van der Waals surface area contributed by atoms with Crippen molar-refractivity contribution >= 4 is 54.5 Å². The molecule has 0 unspecified atom stereocenters. The van der Waals surface area contributed by atoms with E-state index in [1.807, 2.05) is 18.3 Å². The third kappa shape index (κ3) is 3.75. The average Bonchev–Trinajstić information content (AvgIpc) is 3.46. The van der Waals surface area contributed by atoms with Crippen molar-refractivity contribution in [2.45, 2.75) is 0 Å². The Bertz CT molecular complexity index is 2460. The molecule has 0 aliphatic rings. The molecule has 0 amide bonds. The Balaban J connectivity index is 1.36. The molecule has 2 aromatic heterocycles. The van der Waals surface area contributed by atoms with Crippen LogP contribution < -0.4 is 0 Å². The van der Waals surface area contributed by atoms with Crippen LogP contribution in [0.15, 0.2) is 150 Å². The lowest BCUT2D eigenvalue weighted by atomic mass is 9.96. The van der Waals surface area contributed by atoms with E-state index in [2.05, 4.69) is 127 Å². The molecule has 0 aliphatic heterocycles. The van der Waals surface area contributed by atoms with E-state index in [9.17, 15) is 0 Å². The Morgan fingerprint density at radius 3 is 1.70 bits per heavy atom. The molecule has 0 atom stereocenters. The molecule has 7 aromatic carbocycles. The van der Waals surface area contributed by atoms with Crippen molar-refractivity contribution in [3.05, 3.63) is 146 Å². The Kier molecular flexibility index (Phi) is 5.20. The Morgan fingerprint density at radius 1 is 0.419 bits per heavy atom. The second-order valence-corrected chi connectivity index (χ2v) is 11.0. The molecule has 3 nitrogen and oxygen atoms in total. The van der Waals surface area contributed by atoms with Crippen LogP contribution in [0, 0.1) is 0 Å². The molecule has 0 radical (unpaired) electrons. The van der Waals surface area contributed by atoms with Gasteiger partial charge in [-0.05, 0) is 57.3 Å². The first-order valence-corrected chi connectivity index (χ1v) is 14.5. The summed E-state index contributed by atoms with van der Waals surface area (Å²) in [5, 5.41) is 6.72. The van der Waals surface area contributed by atoms with Gasteiger partial charge in [0.25, 0.3) is 0 Å². The zero-order valence-electron chi connectivity index (χ0n) is 23.2. The van der Waals surface area contributed by atoms with Crippen molar-refractivity contribution < 1.29 is 4.42 Å². The predicted molar refractivity (Wildman–Crippen MR) is 178 cm³/mol. The number of aromatic nitrogens is 2. The zero-order chi connectivity index (χ0) is 28.3. The number of nitrogens with zero attached hydrogens (tertiary/aromatic N) is 2. The molecule has 0 saturated carbocycles. The maximum absolute atomic E-state index is 6.62. The fourth-order valence-electron chi connectivity index (χ4n) is 6.43. The largest absolute Gasteiger partial charge is 0.455 e. The zero-order valence-corrected chi connectivity index (χ0v) is 23.2. The van der Waals surface area contributed by atoms with Crippen LogP contribution in [0.2, 0.25) is 0 Å². The summed E-state index contributed by atoms with van der Waals surface area (Å²) in [6.45, 7) is 0. The minimum absolute atomic E-state index is 0.790. The van der Waals surface area contributed by atoms with E-state index in [-0.39, 0.29) is 0 Å². The summed E-state index contributed by atoms with van der Waals surface area (Å²) >= 11 is 0. The van der Waals surface area contributed by atoms with Crippen LogP contribution in [0.1, 0.15) is 0 Å². The van der Waals surface area contributed by atoms with Gasteiger partial charge >= 0.3 is 0 Å². The quantitative estimate of drug-likeness (QED) is 0.206. The third-order valence-electron chi connectivity index (χ3n) is 8.49. The lowest BCUT2D eigenvalue weighted by Gasteiger charge is -2.11. The average molecular weight is 549 g/mol. The highest BCUT2D eigenvalue weighted by Crippen LogP contribution is 2.41. The van der Waals surface area contributed by atoms with Crippen molar-refractivity contribution in [2.24, 2.45) is 0 Å². The molecule has 0 bridgehead atoms. The van der Waals surface area contributed by atoms with Crippen molar-refractivity contribution in [1.29, 1.82) is 0 Å². The van der Waals surface area contributed by atoms with Crippen molar-refractivity contribution in [3.63, 3.8) is 0 Å². The molecule has 3 heteroatoms. The molecule has 0 fully saturated rings. The van der Waals surface area contributed by atoms with Gasteiger partial charge in [0.05, 0.1) is 22.9 Å². The van der Waals surface area contributed by atoms with Gasteiger partial charge in [0.1, 0.15) is 11.2 Å². The summed E-state index contributed by atoms with van der Waals surface area (Å²) in [7, 11) is 0. The Morgan fingerprint density at radius 2 is 1.00 bits per heavy atom.